The zero-order valence-electron chi connectivity index (χ0n) is 8.70. The van der Waals surface area contributed by atoms with E-state index in [2.05, 4.69) is 18.1 Å². The van der Waals surface area contributed by atoms with E-state index in [0.717, 1.165) is 12.2 Å². The van der Waals surface area contributed by atoms with E-state index in [1.807, 2.05) is 18.2 Å². The molecule has 1 aliphatic carbocycles. The third-order valence-corrected chi connectivity index (χ3v) is 2.58. The number of rotatable bonds is 3. The van der Waals surface area contributed by atoms with E-state index >= 15 is 0 Å². The van der Waals surface area contributed by atoms with Crippen LogP contribution in [-0.2, 0) is 0 Å². The first-order valence-electron chi connectivity index (χ1n) is 5.26. The van der Waals surface area contributed by atoms with Crippen molar-refractivity contribution < 1.29 is 4.74 Å². The molecular weight excluding hydrogens is 184 g/mol. The molecule has 15 heavy (non-hydrogen) atoms. The van der Waals surface area contributed by atoms with Gasteiger partial charge in [-0.3, -0.25) is 0 Å². The van der Waals surface area contributed by atoms with Gasteiger partial charge in [0.05, 0.1) is 0 Å². The fraction of sp³-hybridized carbons (Fsp3) is 0.286. The third-order valence-electron chi connectivity index (χ3n) is 2.58. The molecule has 0 fully saturated rings. The summed E-state index contributed by atoms with van der Waals surface area (Å²) >= 11 is 0. The molecule has 0 aliphatic heterocycles. The predicted octanol–water partition coefficient (Wildman–Crippen LogP) is 3.27. The van der Waals surface area contributed by atoms with E-state index in [9.17, 15) is 0 Å². The fourth-order valence-corrected chi connectivity index (χ4v) is 1.89. The van der Waals surface area contributed by atoms with Gasteiger partial charge < -0.3 is 4.74 Å². The minimum atomic E-state index is 0.338. The van der Waals surface area contributed by atoms with E-state index in [1.165, 1.54) is 24.0 Å². The van der Waals surface area contributed by atoms with Crippen LogP contribution in [0.4, 0.5) is 0 Å². The van der Waals surface area contributed by atoms with E-state index in [0.29, 0.717) is 6.61 Å². The van der Waals surface area contributed by atoms with E-state index in [-0.39, 0.29) is 0 Å². The Balaban J connectivity index is 2.25. The van der Waals surface area contributed by atoms with Crippen molar-refractivity contribution >= 4 is 5.57 Å². The monoisotopic (exact) mass is 198 g/mol. The summed E-state index contributed by atoms with van der Waals surface area (Å²) in [4.78, 5) is 0. The molecule has 0 amide bonds. The van der Waals surface area contributed by atoms with Crippen LogP contribution in [-0.4, -0.2) is 6.61 Å². The average molecular weight is 198 g/mol. The molecule has 76 valence electrons. The van der Waals surface area contributed by atoms with Gasteiger partial charge in [-0.25, -0.2) is 0 Å². The van der Waals surface area contributed by atoms with Gasteiger partial charge in [0, 0.05) is 5.56 Å². The molecular formula is C14H14O. The van der Waals surface area contributed by atoms with Gasteiger partial charge in [0.25, 0.3) is 0 Å². The van der Waals surface area contributed by atoms with Gasteiger partial charge in [-0.05, 0) is 30.9 Å². The van der Waals surface area contributed by atoms with Crippen LogP contribution >= 0.6 is 0 Å². The summed E-state index contributed by atoms with van der Waals surface area (Å²) in [5, 5.41) is 0. The van der Waals surface area contributed by atoms with Gasteiger partial charge in [-0.1, -0.05) is 30.2 Å². The molecule has 1 aromatic rings. The molecule has 2 rings (SSSR count). The third kappa shape index (κ3) is 2.22. The molecule has 1 aliphatic rings. The normalized spacial score (nSPS) is 14.5. The molecule has 0 N–H and O–H groups in total. The molecule has 0 unspecified atom stereocenters. The number of ether oxygens (including phenoxy) is 1. The number of hydrogen-bond donors (Lipinski definition) is 0. The SMILES string of the molecule is C#CCOc1ccccc1C1=CCCC1. The van der Waals surface area contributed by atoms with Crippen LogP contribution in [0.5, 0.6) is 5.75 Å². The Morgan fingerprint density at radius 1 is 1.33 bits per heavy atom. The lowest BCUT2D eigenvalue weighted by atomic mass is 10.0. The molecule has 0 atom stereocenters. The van der Waals surface area contributed by atoms with Crippen LogP contribution in [0.2, 0.25) is 0 Å². The van der Waals surface area contributed by atoms with Crippen LogP contribution in [0, 0.1) is 12.3 Å². The smallest absolute Gasteiger partial charge is 0.148 e. The van der Waals surface area contributed by atoms with E-state index < -0.39 is 0 Å². The summed E-state index contributed by atoms with van der Waals surface area (Å²) in [6, 6.07) is 8.09. The minimum Gasteiger partial charge on any atom is -0.480 e. The Hall–Kier alpha value is -1.68. The predicted molar refractivity (Wildman–Crippen MR) is 62.6 cm³/mol. The van der Waals surface area contributed by atoms with Crippen molar-refractivity contribution in [3.05, 3.63) is 35.9 Å². The summed E-state index contributed by atoms with van der Waals surface area (Å²) in [6.45, 7) is 0.338. The van der Waals surface area contributed by atoms with Crippen molar-refractivity contribution in [2.24, 2.45) is 0 Å². The van der Waals surface area contributed by atoms with Gasteiger partial charge in [-0.15, -0.1) is 6.42 Å². The Labute approximate surface area is 90.8 Å². The van der Waals surface area contributed by atoms with Crippen LogP contribution in [0.25, 0.3) is 5.57 Å². The number of para-hydroxylation sites is 1. The van der Waals surface area contributed by atoms with Gasteiger partial charge in [0.1, 0.15) is 12.4 Å². The van der Waals surface area contributed by atoms with Crippen molar-refractivity contribution in [3.8, 4) is 18.1 Å². The summed E-state index contributed by atoms with van der Waals surface area (Å²) in [5.74, 6) is 3.40. The van der Waals surface area contributed by atoms with Crippen LogP contribution in [0.15, 0.2) is 30.3 Å². The Morgan fingerprint density at radius 2 is 2.20 bits per heavy atom. The van der Waals surface area contributed by atoms with Gasteiger partial charge in [0.2, 0.25) is 0 Å². The van der Waals surface area contributed by atoms with E-state index in [4.69, 9.17) is 11.2 Å². The molecule has 0 aromatic heterocycles. The lowest BCUT2D eigenvalue weighted by molar-refractivity contribution is 0.369. The molecule has 1 heteroatoms. The zero-order valence-corrected chi connectivity index (χ0v) is 8.70. The van der Waals surface area contributed by atoms with Crippen molar-refractivity contribution in [1.29, 1.82) is 0 Å². The van der Waals surface area contributed by atoms with Gasteiger partial charge in [0.15, 0.2) is 0 Å². The van der Waals surface area contributed by atoms with Gasteiger partial charge >= 0.3 is 0 Å². The zero-order chi connectivity index (χ0) is 10.5. The Kier molecular flexibility index (Phi) is 3.09. The van der Waals surface area contributed by atoms with Crippen LogP contribution in [0.3, 0.4) is 0 Å². The van der Waals surface area contributed by atoms with Crippen molar-refractivity contribution in [2.75, 3.05) is 6.61 Å². The number of benzene rings is 1. The van der Waals surface area contributed by atoms with E-state index in [1.54, 1.807) is 0 Å². The topological polar surface area (TPSA) is 9.23 Å². The maximum Gasteiger partial charge on any atom is 0.148 e. The highest BCUT2D eigenvalue weighted by Crippen LogP contribution is 2.33. The molecule has 0 bridgehead atoms. The van der Waals surface area contributed by atoms with Crippen LogP contribution in [0.1, 0.15) is 24.8 Å². The Morgan fingerprint density at radius 3 is 2.93 bits per heavy atom. The molecule has 0 heterocycles. The average Bonchev–Trinajstić information content (AvgIpc) is 2.80. The number of terminal acetylenes is 1. The molecule has 0 saturated heterocycles. The quantitative estimate of drug-likeness (QED) is 0.677. The van der Waals surface area contributed by atoms with Crippen molar-refractivity contribution in [3.63, 3.8) is 0 Å². The second-order valence-corrected chi connectivity index (χ2v) is 3.61. The standard InChI is InChI=1S/C14H14O/c1-2-11-15-14-10-6-5-9-13(14)12-7-3-4-8-12/h1,5-7,9-10H,3-4,8,11H2. The maximum absolute atomic E-state index is 5.52. The van der Waals surface area contributed by atoms with Crippen LogP contribution < -0.4 is 4.74 Å². The molecule has 0 radical (unpaired) electrons. The first kappa shape index (κ1) is 9.86. The molecule has 1 aromatic carbocycles. The minimum absolute atomic E-state index is 0.338. The second-order valence-electron chi connectivity index (χ2n) is 3.61. The summed E-state index contributed by atoms with van der Waals surface area (Å²) in [7, 11) is 0. The summed E-state index contributed by atoms with van der Waals surface area (Å²) in [6.07, 6.45) is 11.1. The highest BCUT2D eigenvalue weighted by Gasteiger charge is 2.11. The first-order valence-corrected chi connectivity index (χ1v) is 5.26. The summed E-state index contributed by atoms with van der Waals surface area (Å²) < 4.78 is 5.52. The highest BCUT2D eigenvalue weighted by molar-refractivity contribution is 5.71. The van der Waals surface area contributed by atoms with Crippen molar-refractivity contribution in [2.45, 2.75) is 19.3 Å². The second kappa shape index (κ2) is 4.70. The molecule has 0 spiro atoms. The van der Waals surface area contributed by atoms with Gasteiger partial charge in [-0.2, -0.15) is 0 Å². The Bertz CT molecular complexity index is 410. The number of allylic oxidation sites excluding steroid dienone is 2. The summed E-state index contributed by atoms with van der Waals surface area (Å²) in [5.41, 5.74) is 2.59. The molecule has 1 nitrogen and oxygen atoms in total. The molecule has 0 saturated carbocycles. The largest absolute Gasteiger partial charge is 0.480 e. The maximum atomic E-state index is 5.52. The van der Waals surface area contributed by atoms with Crippen molar-refractivity contribution in [1.82, 2.24) is 0 Å². The highest BCUT2D eigenvalue weighted by atomic mass is 16.5. The fourth-order valence-electron chi connectivity index (χ4n) is 1.89. The number of hydrogen-bond acceptors (Lipinski definition) is 1. The lowest BCUT2D eigenvalue weighted by Gasteiger charge is -2.09. The first-order chi connectivity index (χ1) is 7.42. The lowest BCUT2D eigenvalue weighted by Crippen LogP contribution is -1.96.